The van der Waals surface area contributed by atoms with Crippen LogP contribution in [-0.2, 0) is 17.9 Å². The first-order valence-corrected chi connectivity index (χ1v) is 9.98. The molecule has 0 saturated carbocycles. The summed E-state index contributed by atoms with van der Waals surface area (Å²) in [6.07, 6.45) is 0. The van der Waals surface area contributed by atoms with Gasteiger partial charge >= 0.3 is 0 Å². The van der Waals surface area contributed by atoms with E-state index in [9.17, 15) is 10.4 Å². The molecule has 0 radical (unpaired) electrons. The topological polar surface area (TPSA) is 92.7 Å². The Kier molecular flexibility index (Phi) is 8.02. The van der Waals surface area contributed by atoms with Gasteiger partial charge in [-0.2, -0.15) is 0 Å². The highest BCUT2D eigenvalue weighted by molar-refractivity contribution is 5.49. The molecule has 2 aromatic carbocycles. The standard InChI is InChI=1S/C23H31N3O5/c1-22(2,3)29-20-12-18(15-24-7)13-21(14-20)30-26(28)19-10-8-9-17(11-19)16-25(27)31-23(4,5)6/h8-14H,7,15-16H2,1-6H3/q-2. The minimum Gasteiger partial charge on any atom is -0.762 e. The maximum Gasteiger partial charge on any atom is 0.158 e. The second-order valence-electron chi connectivity index (χ2n) is 9.12. The van der Waals surface area contributed by atoms with Crippen LogP contribution in [0.5, 0.6) is 11.5 Å². The van der Waals surface area contributed by atoms with Gasteiger partial charge in [0.05, 0.1) is 17.8 Å². The predicted molar refractivity (Wildman–Crippen MR) is 123 cm³/mol. The summed E-state index contributed by atoms with van der Waals surface area (Å²) in [6.45, 7) is 15.0. The fourth-order valence-electron chi connectivity index (χ4n) is 2.72. The van der Waals surface area contributed by atoms with Crippen molar-refractivity contribution in [2.24, 2.45) is 4.99 Å². The number of anilines is 1. The van der Waals surface area contributed by atoms with Crippen LogP contribution in [0, 0.1) is 10.4 Å². The van der Waals surface area contributed by atoms with Crippen molar-refractivity contribution in [3.8, 4) is 11.5 Å². The summed E-state index contributed by atoms with van der Waals surface area (Å²) >= 11 is 0. The quantitative estimate of drug-likeness (QED) is 0.389. The molecule has 0 unspecified atom stereocenters. The van der Waals surface area contributed by atoms with Crippen LogP contribution in [0.15, 0.2) is 47.5 Å². The first-order chi connectivity index (χ1) is 14.3. The van der Waals surface area contributed by atoms with Crippen molar-refractivity contribution in [3.63, 3.8) is 0 Å². The van der Waals surface area contributed by atoms with Crippen LogP contribution in [0.3, 0.4) is 0 Å². The van der Waals surface area contributed by atoms with Gasteiger partial charge in [-0.1, -0.05) is 12.1 Å². The third-order valence-corrected chi connectivity index (χ3v) is 3.66. The molecule has 0 aliphatic carbocycles. The lowest BCUT2D eigenvalue weighted by molar-refractivity contribution is -0.204. The molecule has 0 atom stereocenters. The largest absolute Gasteiger partial charge is 0.762 e. The number of hydroxylamine groups is 2. The molecule has 0 aliphatic heterocycles. The third-order valence-electron chi connectivity index (χ3n) is 3.66. The Bertz CT molecular complexity index is 874. The zero-order valence-electron chi connectivity index (χ0n) is 19.0. The minimum absolute atomic E-state index is 0.0248. The highest BCUT2D eigenvalue weighted by Crippen LogP contribution is 2.28. The number of benzene rings is 2. The van der Waals surface area contributed by atoms with Crippen molar-refractivity contribution >= 4 is 12.4 Å². The van der Waals surface area contributed by atoms with Crippen LogP contribution in [0.25, 0.3) is 0 Å². The van der Waals surface area contributed by atoms with Crippen molar-refractivity contribution in [1.29, 1.82) is 0 Å². The fraction of sp³-hybridized carbons (Fsp3) is 0.435. The van der Waals surface area contributed by atoms with E-state index in [2.05, 4.69) is 11.7 Å². The number of ether oxygens (including phenoxy) is 1. The maximum absolute atomic E-state index is 12.6. The molecule has 0 aliphatic rings. The van der Waals surface area contributed by atoms with E-state index in [1.807, 2.05) is 26.8 Å². The Morgan fingerprint density at radius 3 is 2.19 bits per heavy atom. The Hall–Kier alpha value is -2.65. The van der Waals surface area contributed by atoms with E-state index in [-0.39, 0.29) is 12.2 Å². The molecule has 0 heterocycles. The summed E-state index contributed by atoms with van der Waals surface area (Å²) in [5.41, 5.74) is 0.637. The van der Waals surface area contributed by atoms with E-state index in [0.717, 1.165) is 5.56 Å². The molecule has 0 fully saturated rings. The van der Waals surface area contributed by atoms with Crippen molar-refractivity contribution in [2.45, 2.75) is 65.8 Å². The van der Waals surface area contributed by atoms with Gasteiger partial charge in [0.2, 0.25) is 0 Å². The highest BCUT2D eigenvalue weighted by Gasteiger charge is 2.14. The lowest BCUT2D eigenvalue weighted by atomic mass is 10.1. The van der Waals surface area contributed by atoms with E-state index in [1.165, 1.54) is 0 Å². The van der Waals surface area contributed by atoms with Crippen LogP contribution in [0.2, 0.25) is 0 Å². The lowest BCUT2D eigenvalue weighted by Crippen LogP contribution is -2.29. The Morgan fingerprint density at radius 2 is 1.58 bits per heavy atom. The monoisotopic (exact) mass is 429 g/mol. The summed E-state index contributed by atoms with van der Waals surface area (Å²) in [7, 11) is 0. The van der Waals surface area contributed by atoms with Crippen molar-refractivity contribution < 1.29 is 14.4 Å². The molecule has 2 rings (SSSR count). The first kappa shape index (κ1) is 24.6. The van der Waals surface area contributed by atoms with E-state index >= 15 is 0 Å². The van der Waals surface area contributed by atoms with Crippen LogP contribution >= 0.6 is 0 Å². The SMILES string of the molecule is C=NCc1cc(ON([O-])c2cccc(CN([O-])OC(C)(C)C)c2)cc(OC(C)(C)C)c1. The van der Waals surface area contributed by atoms with Gasteiger partial charge < -0.3 is 24.8 Å². The van der Waals surface area contributed by atoms with Gasteiger partial charge in [0.25, 0.3) is 0 Å². The smallest absolute Gasteiger partial charge is 0.158 e. The molecular weight excluding hydrogens is 398 g/mol. The average molecular weight is 430 g/mol. The molecule has 0 N–H and O–H groups in total. The van der Waals surface area contributed by atoms with E-state index in [4.69, 9.17) is 14.4 Å². The number of rotatable bonds is 9. The van der Waals surface area contributed by atoms with E-state index in [0.29, 0.717) is 34.1 Å². The van der Waals surface area contributed by atoms with Crippen LogP contribution in [0.4, 0.5) is 5.69 Å². The zero-order valence-corrected chi connectivity index (χ0v) is 19.0. The van der Waals surface area contributed by atoms with Crippen molar-refractivity contribution in [2.75, 3.05) is 5.23 Å². The number of hydrogen-bond acceptors (Lipinski definition) is 8. The number of aliphatic imine (C=N–C) groups is 1. The molecular formula is C23H31N3O5-2. The van der Waals surface area contributed by atoms with Gasteiger partial charge in [-0.3, -0.25) is 15.4 Å². The molecule has 0 aromatic heterocycles. The highest BCUT2D eigenvalue weighted by atomic mass is 16.9. The molecule has 31 heavy (non-hydrogen) atoms. The van der Waals surface area contributed by atoms with E-state index in [1.54, 1.807) is 57.2 Å². The summed E-state index contributed by atoms with van der Waals surface area (Å²) in [5.74, 6) is 0.870. The lowest BCUT2D eigenvalue weighted by Gasteiger charge is -2.35. The molecule has 0 saturated heterocycles. The Labute approximate surface area is 184 Å². The van der Waals surface area contributed by atoms with Crippen LogP contribution in [-0.4, -0.2) is 23.1 Å². The van der Waals surface area contributed by atoms with Crippen LogP contribution < -0.4 is 14.8 Å². The minimum atomic E-state index is -0.606. The summed E-state index contributed by atoms with van der Waals surface area (Å²) < 4.78 is 5.90. The van der Waals surface area contributed by atoms with Gasteiger partial charge in [0.1, 0.15) is 11.4 Å². The predicted octanol–water partition coefficient (Wildman–Crippen LogP) is 5.39. The fourth-order valence-corrected chi connectivity index (χ4v) is 2.72. The normalized spacial score (nSPS) is 12.0. The summed E-state index contributed by atoms with van der Waals surface area (Å²) in [6, 6.07) is 11.8. The summed E-state index contributed by atoms with van der Waals surface area (Å²) in [4.78, 5) is 14.6. The molecule has 170 valence electrons. The second kappa shape index (κ2) is 10.1. The average Bonchev–Trinajstić information content (AvgIpc) is 2.58. The molecule has 8 heteroatoms. The molecule has 0 amide bonds. The molecule has 8 nitrogen and oxygen atoms in total. The summed E-state index contributed by atoms with van der Waals surface area (Å²) in [5, 5.41) is 25.5. The van der Waals surface area contributed by atoms with Gasteiger partial charge in [-0.15, -0.1) is 0 Å². The van der Waals surface area contributed by atoms with Crippen LogP contribution in [0.1, 0.15) is 52.7 Å². The number of hydrogen-bond donors (Lipinski definition) is 0. The molecule has 0 bridgehead atoms. The van der Waals surface area contributed by atoms with Crippen molar-refractivity contribution in [1.82, 2.24) is 5.23 Å². The molecule has 0 spiro atoms. The maximum atomic E-state index is 12.6. The van der Waals surface area contributed by atoms with Gasteiger partial charge in [0.15, 0.2) is 5.75 Å². The second-order valence-corrected chi connectivity index (χ2v) is 9.12. The van der Waals surface area contributed by atoms with E-state index < -0.39 is 11.2 Å². The van der Waals surface area contributed by atoms with Gasteiger partial charge in [0, 0.05) is 12.6 Å². The molecule has 2 aromatic rings. The number of nitrogens with zero attached hydrogens (tertiary/aromatic N) is 3. The Balaban J connectivity index is 2.17. The van der Waals surface area contributed by atoms with Gasteiger partial charge in [-0.05, 0) is 83.7 Å². The zero-order chi connectivity index (χ0) is 23.2. The first-order valence-electron chi connectivity index (χ1n) is 9.98. The Morgan fingerprint density at radius 1 is 0.903 bits per heavy atom. The third kappa shape index (κ3) is 8.94. The van der Waals surface area contributed by atoms with Gasteiger partial charge in [-0.25, -0.2) is 0 Å². The van der Waals surface area contributed by atoms with Crippen molar-refractivity contribution in [3.05, 3.63) is 64.0 Å².